The number of fused-ring (bicyclic) bond motifs is 2. The number of imide groups is 1. The van der Waals surface area contributed by atoms with Crippen LogP contribution in [0.1, 0.15) is 17.5 Å². The molecule has 0 saturated carbocycles. The van der Waals surface area contributed by atoms with Crippen LogP contribution in [-0.4, -0.2) is 47.9 Å². The average molecular weight is 349 g/mol. The number of carbonyl (C=O) groups is 2. The number of benzene rings is 2. The van der Waals surface area contributed by atoms with E-state index in [1.165, 1.54) is 10.5 Å². The van der Waals surface area contributed by atoms with Crippen molar-refractivity contribution in [2.75, 3.05) is 25.0 Å². The summed E-state index contributed by atoms with van der Waals surface area (Å²) < 4.78 is 0. The Bertz CT molecular complexity index is 778. The lowest BCUT2D eigenvalue weighted by Gasteiger charge is -2.28. The van der Waals surface area contributed by atoms with Gasteiger partial charge in [-0.05, 0) is 29.7 Å². The van der Waals surface area contributed by atoms with Crippen LogP contribution in [0.5, 0.6) is 0 Å². The van der Waals surface area contributed by atoms with Crippen LogP contribution in [0.15, 0.2) is 54.6 Å². The van der Waals surface area contributed by atoms with Crippen LogP contribution >= 0.6 is 0 Å². The molecule has 4 rings (SSSR count). The summed E-state index contributed by atoms with van der Waals surface area (Å²) in [6, 6.07) is 17.7. The molecule has 2 aromatic rings. The summed E-state index contributed by atoms with van der Waals surface area (Å²) in [5.74, 6) is -0.0492. The van der Waals surface area contributed by atoms with E-state index in [4.69, 9.17) is 0 Å². The molecule has 0 unspecified atom stereocenters. The summed E-state index contributed by atoms with van der Waals surface area (Å²) in [5, 5.41) is 0. The molecule has 0 bridgehead atoms. The Balaban J connectivity index is 1.38. The molecule has 1 fully saturated rings. The van der Waals surface area contributed by atoms with Gasteiger partial charge in [0.15, 0.2) is 0 Å². The van der Waals surface area contributed by atoms with E-state index < -0.39 is 0 Å². The monoisotopic (exact) mass is 349 g/mol. The summed E-state index contributed by atoms with van der Waals surface area (Å²) in [6.07, 6.45) is 1.39. The molecular weight excluding hydrogens is 326 g/mol. The lowest BCUT2D eigenvalue weighted by molar-refractivity contribution is -0.128. The summed E-state index contributed by atoms with van der Waals surface area (Å²) >= 11 is 0. The first-order valence-electron chi connectivity index (χ1n) is 9.10. The third-order valence-electron chi connectivity index (χ3n) is 5.35. The highest BCUT2D eigenvalue weighted by Crippen LogP contribution is 2.30. The second-order valence-electron chi connectivity index (χ2n) is 7.00. The highest BCUT2D eigenvalue weighted by Gasteiger charge is 2.46. The Kier molecular flexibility index (Phi) is 4.37. The van der Waals surface area contributed by atoms with Crippen LogP contribution in [0.3, 0.4) is 0 Å². The Morgan fingerprint density at radius 2 is 1.69 bits per heavy atom. The topological polar surface area (TPSA) is 43.9 Å². The van der Waals surface area contributed by atoms with Crippen molar-refractivity contribution in [1.29, 1.82) is 0 Å². The number of amides is 3. The maximum Gasteiger partial charge on any atom is 0.327 e. The van der Waals surface area contributed by atoms with Gasteiger partial charge in [0.1, 0.15) is 6.04 Å². The zero-order valence-electron chi connectivity index (χ0n) is 15.0. The van der Waals surface area contributed by atoms with Gasteiger partial charge in [0.05, 0.1) is 0 Å². The van der Waals surface area contributed by atoms with Crippen LogP contribution in [0.25, 0.3) is 0 Å². The molecule has 5 nitrogen and oxygen atoms in total. The van der Waals surface area contributed by atoms with Crippen LogP contribution in [-0.2, 0) is 17.8 Å². The highest BCUT2D eigenvalue weighted by atomic mass is 16.2. The number of hydrogen-bond acceptors (Lipinski definition) is 3. The van der Waals surface area contributed by atoms with Gasteiger partial charge in [0, 0.05) is 38.8 Å². The summed E-state index contributed by atoms with van der Waals surface area (Å²) in [4.78, 5) is 30.8. The van der Waals surface area contributed by atoms with Crippen molar-refractivity contribution in [1.82, 2.24) is 9.80 Å². The minimum atomic E-state index is -0.329. The van der Waals surface area contributed by atoms with Gasteiger partial charge < -0.3 is 9.80 Å². The molecule has 0 radical (unpaired) electrons. The largest absolute Gasteiger partial charge is 0.375 e. The molecular formula is C21H23N3O2. The Morgan fingerprint density at radius 3 is 2.46 bits per heavy atom. The van der Waals surface area contributed by atoms with E-state index >= 15 is 0 Å². The normalized spacial score (nSPS) is 18.7. The Hall–Kier alpha value is -2.82. The third kappa shape index (κ3) is 2.94. The molecule has 1 atom stereocenters. The highest BCUT2D eigenvalue weighted by molar-refractivity contribution is 6.04. The maximum atomic E-state index is 12.8. The van der Waals surface area contributed by atoms with Gasteiger partial charge in [0.25, 0.3) is 5.91 Å². The van der Waals surface area contributed by atoms with Crippen LogP contribution in [0.2, 0.25) is 0 Å². The Morgan fingerprint density at radius 1 is 1.00 bits per heavy atom. The fourth-order valence-corrected chi connectivity index (χ4v) is 3.86. The molecule has 0 spiro atoms. The number of hydrogen-bond donors (Lipinski definition) is 0. The fourth-order valence-electron chi connectivity index (χ4n) is 3.86. The molecule has 2 heterocycles. The van der Waals surface area contributed by atoms with Crippen molar-refractivity contribution in [3.63, 3.8) is 0 Å². The van der Waals surface area contributed by atoms with Gasteiger partial charge in [-0.15, -0.1) is 0 Å². The standard InChI is InChI=1S/C21H23N3O2/c1-22(18-10-3-2-4-11-18)12-7-13-23-20(25)19-14-16-8-5-6-9-17(16)15-24(19)21(23)26/h2-6,8-11,19H,7,12-15H2,1H3/t19-/m1/s1. The number of carbonyl (C=O) groups excluding carboxylic acids is 2. The molecule has 2 aliphatic heterocycles. The average Bonchev–Trinajstić information content (AvgIpc) is 2.91. The molecule has 2 aliphatic rings. The molecule has 26 heavy (non-hydrogen) atoms. The van der Waals surface area contributed by atoms with Gasteiger partial charge in [0.2, 0.25) is 0 Å². The van der Waals surface area contributed by atoms with E-state index in [2.05, 4.69) is 23.1 Å². The smallest absolute Gasteiger partial charge is 0.327 e. The second kappa shape index (κ2) is 6.83. The fraction of sp³-hybridized carbons (Fsp3) is 0.333. The van der Waals surface area contributed by atoms with E-state index in [0.29, 0.717) is 19.5 Å². The minimum absolute atomic E-state index is 0.0492. The van der Waals surface area contributed by atoms with Crippen molar-refractivity contribution in [3.8, 4) is 0 Å². The number of nitrogens with zero attached hydrogens (tertiary/aromatic N) is 3. The van der Waals surface area contributed by atoms with E-state index in [1.54, 1.807) is 4.90 Å². The predicted molar refractivity (Wildman–Crippen MR) is 101 cm³/mol. The van der Waals surface area contributed by atoms with Gasteiger partial charge in [-0.2, -0.15) is 0 Å². The molecule has 134 valence electrons. The predicted octanol–water partition coefficient (Wildman–Crippen LogP) is 2.90. The van der Waals surface area contributed by atoms with Gasteiger partial charge in [-0.1, -0.05) is 42.5 Å². The molecule has 0 N–H and O–H groups in total. The third-order valence-corrected chi connectivity index (χ3v) is 5.35. The van der Waals surface area contributed by atoms with Gasteiger partial charge >= 0.3 is 6.03 Å². The zero-order valence-corrected chi connectivity index (χ0v) is 15.0. The van der Waals surface area contributed by atoms with E-state index in [0.717, 1.165) is 24.2 Å². The lowest BCUT2D eigenvalue weighted by atomic mass is 9.95. The van der Waals surface area contributed by atoms with Crippen molar-refractivity contribution < 1.29 is 9.59 Å². The van der Waals surface area contributed by atoms with Crippen LogP contribution in [0.4, 0.5) is 10.5 Å². The second-order valence-corrected chi connectivity index (χ2v) is 7.00. The van der Waals surface area contributed by atoms with E-state index in [1.807, 2.05) is 43.4 Å². The first-order valence-corrected chi connectivity index (χ1v) is 9.10. The molecule has 1 saturated heterocycles. The van der Waals surface area contributed by atoms with E-state index in [-0.39, 0.29) is 18.0 Å². The zero-order chi connectivity index (χ0) is 18.1. The van der Waals surface area contributed by atoms with Crippen LogP contribution < -0.4 is 4.90 Å². The first-order chi connectivity index (χ1) is 12.6. The van der Waals surface area contributed by atoms with Crippen molar-refractivity contribution in [2.45, 2.75) is 25.4 Å². The number of urea groups is 1. The van der Waals surface area contributed by atoms with Crippen LogP contribution in [0, 0.1) is 0 Å². The van der Waals surface area contributed by atoms with Crippen molar-refractivity contribution in [2.24, 2.45) is 0 Å². The maximum absolute atomic E-state index is 12.8. The van der Waals surface area contributed by atoms with E-state index in [9.17, 15) is 9.59 Å². The molecule has 0 aliphatic carbocycles. The van der Waals surface area contributed by atoms with Crippen molar-refractivity contribution >= 4 is 17.6 Å². The number of anilines is 1. The summed E-state index contributed by atoms with van der Waals surface area (Å²) in [5.41, 5.74) is 3.47. The van der Waals surface area contributed by atoms with Crippen molar-refractivity contribution in [3.05, 3.63) is 65.7 Å². The lowest BCUT2D eigenvalue weighted by Crippen LogP contribution is -2.39. The number of rotatable bonds is 5. The molecule has 0 aromatic heterocycles. The molecule has 5 heteroatoms. The van der Waals surface area contributed by atoms with Gasteiger partial charge in [-0.25, -0.2) is 4.79 Å². The summed E-state index contributed by atoms with van der Waals surface area (Å²) in [6.45, 7) is 1.80. The number of para-hydroxylation sites is 1. The Labute approximate surface area is 153 Å². The quantitative estimate of drug-likeness (QED) is 0.780. The SMILES string of the molecule is CN(CCCN1C(=O)[C@H]2Cc3ccccc3CN2C1=O)c1ccccc1. The van der Waals surface area contributed by atoms with Gasteiger partial charge in [-0.3, -0.25) is 9.69 Å². The molecule has 3 amide bonds. The minimum Gasteiger partial charge on any atom is -0.375 e. The molecule has 2 aromatic carbocycles. The summed E-state index contributed by atoms with van der Waals surface area (Å²) in [7, 11) is 2.03. The first kappa shape index (κ1) is 16.6.